The Morgan fingerprint density at radius 1 is 1.14 bits per heavy atom. The van der Waals surface area contributed by atoms with E-state index in [-0.39, 0.29) is 17.9 Å². The Bertz CT molecular complexity index is 980. The second kappa shape index (κ2) is 6.87. The summed E-state index contributed by atoms with van der Waals surface area (Å²) < 4.78 is 0. The van der Waals surface area contributed by atoms with E-state index < -0.39 is 0 Å². The van der Waals surface area contributed by atoms with Crippen molar-refractivity contribution < 1.29 is 9.90 Å². The quantitative estimate of drug-likeness (QED) is 0.718. The number of hydrogen-bond donors (Lipinski definition) is 2. The largest absolute Gasteiger partial charge is 0.391 e. The topological polar surface area (TPSA) is 98.2 Å². The van der Waals surface area contributed by atoms with Crippen LogP contribution in [0.4, 0.5) is 5.82 Å². The van der Waals surface area contributed by atoms with E-state index in [0.717, 1.165) is 41.9 Å². The molecule has 28 heavy (non-hydrogen) atoms. The Kier molecular flexibility index (Phi) is 4.20. The molecule has 0 saturated carbocycles. The van der Waals surface area contributed by atoms with E-state index in [2.05, 4.69) is 24.8 Å². The molecule has 0 aliphatic carbocycles. The highest BCUT2D eigenvalue weighted by Crippen LogP contribution is 2.33. The van der Waals surface area contributed by atoms with Gasteiger partial charge in [0.25, 0.3) is 5.91 Å². The van der Waals surface area contributed by atoms with Crippen molar-refractivity contribution in [3.05, 3.63) is 48.2 Å². The highest BCUT2D eigenvalue weighted by Gasteiger charge is 2.37. The lowest BCUT2D eigenvalue weighted by molar-refractivity contribution is 0.0587. The number of nitrogens with one attached hydrogen (secondary N) is 1. The van der Waals surface area contributed by atoms with Crippen LogP contribution in [0, 0.1) is 0 Å². The van der Waals surface area contributed by atoms with E-state index in [0.29, 0.717) is 25.5 Å². The van der Waals surface area contributed by atoms with E-state index in [1.165, 1.54) is 0 Å². The summed E-state index contributed by atoms with van der Waals surface area (Å²) in [4.78, 5) is 33.2. The molecule has 4 heterocycles. The van der Waals surface area contributed by atoms with Gasteiger partial charge in [-0.05, 0) is 25.0 Å². The van der Waals surface area contributed by atoms with Gasteiger partial charge in [0.05, 0.1) is 22.8 Å². The molecular formula is C20H22N6O2. The highest BCUT2D eigenvalue weighted by atomic mass is 16.3. The molecule has 2 fully saturated rings. The minimum Gasteiger partial charge on any atom is -0.391 e. The molecule has 2 aromatic heterocycles. The summed E-state index contributed by atoms with van der Waals surface area (Å²) >= 11 is 0. The lowest BCUT2D eigenvalue weighted by Crippen LogP contribution is -2.50. The Morgan fingerprint density at radius 3 is 2.79 bits per heavy atom. The number of hydrogen-bond acceptors (Lipinski definition) is 6. The lowest BCUT2D eigenvalue weighted by atomic mass is 9.94. The SMILES string of the molecule is O=C(c1nc2ccccc2[nH]1)N1CC(c2nccnc2N2CCC[C@@H](O)C2)C1. The third-order valence-electron chi connectivity index (χ3n) is 5.55. The first-order valence-corrected chi connectivity index (χ1v) is 9.67. The van der Waals surface area contributed by atoms with E-state index in [1.807, 2.05) is 24.3 Å². The summed E-state index contributed by atoms with van der Waals surface area (Å²) in [5, 5.41) is 9.99. The van der Waals surface area contributed by atoms with Crippen LogP contribution >= 0.6 is 0 Å². The molecule has 0 radical (unpaired) electrons. The number of H-pyrrole nitrogens is 1. The molecule has 8 nitrogen and oxygen atoms in total. The summed E-state index contributed by atoms with van der Waals surface area (Å²) in [5.74, 6) is 1.27. The number of carbonyl (C=O) groups is 1. The third-order valence-corrected chi connectivity index (χ3v) is 5.55. The number of fused-ring (bicyclic) bond motifs is 1. The normalized spacial score (nSPS) is 20.4. The summed E-state index contributed by atoms with van der Waals surface area (Å²) in [6, 6.07) is 7.63. The third kappa shape index (κ3) is 2.99. The Morgan fingerprint density at radius 2 is 1.96 bits per heavy atom. The second-order valence-electron chi connectivity index (χ2n) is 7.52. The molecule has 5 rings (SSSR count). The van der Waals surface area contributed by atoms with Crippen molar-refractivity contribution in [2.24, 2.45) is 0 Å². The number of aromatic nitrogens is 4. The molecule has 2 N–H and O–H groups in total. The zero-order valence-corrected chi connectivity index (χ0v) is 15.5. The van der Waals surface area contributed by atoms with Gasteiger partial charge in [0.15, 0.2) is 11.6 Å². The van der Waals surface area contributed by atoms with Gasteiger partial charge in [0.2, 0.25) is 0 Å². The number of imidazole rings is 1. The van der Waals surface area contributed by atoms with E-state index in [9.17, 15) is 9.90 Å². The number of nitrogens with zero attached hydrogens (tertiary/aromatic N) is 5. The maximum absolute atomic E-state index is 12.8. The smallest absolute Gasteiger partial charge is 0.289 e. The van der Waals surface area contributed by atoms with E-state index >= 15 is 0 Å². The molecule has 0 spiro atoms. The number of anilines is 1. The number of carbonyl (C=O) groups excluding carboxylic acids is 1. The number of benzene rings is 1. The Balaban J connectivity index is 1.31. The van der Waals surface area contributed by atoms with Crippen LogP contribution in [0.3, 0.4) is 0 Å². The first kappa shape index (κ1) is 17.1. The standard InChI is InChI=1S/C20H22N6O2/c27-14-4-3-9-25(12-14)19-17(21-7-8-22-19)13-10-26(11-13)20(28)18-23-15-5-1-2-6-16(15)24-18/h1-2,5-8,13-14,27H,3-4,9-12H2,(H,23,24)/t14-/m1/s1. The summed E-state index contributed by atoms with van der Waals surface area (Å²) in [7, 11) is 0. The molecule has 3 aromatic rings. The van der Waals surface area contributed by atoms with Gasteiger partial charge in [-0.15, -0.1) is 0 Å². The van der Waals surface area contributed by atoms with E-state index in [4.69, 9.17) is 0 Å². The number of rotatable bonds is 3. The first-order valence-electron chi connectivity index (χ1n) is 9.67. The van der Waals surface area contributed by atoms with Gasteiger partial charge in [-0.25, -0.2) is 9.97 Å². The number of piperidine rings is 1. The number of aliphatic hydroxyl groups is 1. The van der Waals surface area contributed by atoms with Crippen molar-refractivity contribution in [3.63, 3.8) is 0 Å². The Labute approximate surface area is 162 Å². The summed E-state index contributed by atoms with van der Waals surface area (Å²) in [5.41, 5.74) is 2.57. The van der Waals surface area contributed by atoms with Crippen LogP contribution in [-0.4, -0.2) is 68.1 Å². The molecule has 0 bridgehead atoms. The van der Waals surface area contributed by atoms with Crippen molar-refractivity contribution in [1.29, 1.82) is 0 Å². The van der Waals surface area contributed by atoms with Crippen LogP contribution in [0.5, 0.6) is 0 Å². The molecular weight excluding hydrogens is 356 g/mol. The number of likely N-dealkylation sites (tertiary alicyclic amines) is 1. The number of para-hydroxylation sites is 2. The predicted molar refractivity (Wildman–Crippen MR) is 104 cm³/mol. The highest BCUT2D eigenvalue weighted by molar-refractivity contribution is 5.94. The van der Waals surface area contributed by atoms with Crippen LogP contribution < -0.4 is 4.90 Å². The zero-order valence-electron chi connectivity index (χ0n) is 15.5. The Hall–Kier alpha value is -3.00. The predicted octanol–water partition coefficient (Wildman–Crippen LogP) is 1.55. The molecule has 1 atom stereocenters. The van der Waals surface area contributed by atoms with Gasteiger partial charge in [-0.1, -0.05) is 12.1 Å². The molecule has 1 amide bonds. The fourth-order valence-electron chi connectivity index (χ4n) is 4.04. The summed E-state index contributed by atoms with van der Waals surface area (Å²) in [6.45, 7) is 2.65. The van der Waals surface area contributed by atoms with Gasteiger partial charge < -0.3 is 19.9 Å². The van der Waals surface area contributed by atoms with Gasteiger partial charge in [0, 0.05) is 44.5 Å². The molecule has 8 heteroatoms. The van der Waals surface area contributed by atoms with Crippen LogP contribution in [0.1, 0.15) is 35.1 Å². The van der Waals surface area contributed by atoms with Crippen LogP contribution in [0.15, 0.2) is 36.7 Å². The minimum atomic E-state index is -0.323. The second-order valence-corrected chi connectivity index (χ2v) is 7.52. The van der Waals surface area contributed by atoms with Crippen LogP contribution in [0.25, 0.3) is 11.0 Å². The van der Waals surface area contributed by atoms with Crippen molar-refractivity contribution in [2.75, 3.05) is 31.1 Å². The molecule has 144 valence electrons. The average Bonchev–Trinajstić information content (AvgIpc) is 3.11. The molecule has 1 aromatic carbocycles. The maximum Gasteiger partial charge on any atom is 0.289 e. The summed E-state index contributed by atoms with van der Waals surface area (Å²) in [6.07, 6.45) is 4.84. The zero-order chi connectivity index (χ0) is 19.1. The number of aliphatic hydroxyl groups excluding tert-OH is 1. The minimum absolute atomic E-state index is 0.0914. The van der Waals surface area contributed by atoms with Crippen molar-refractivity contribution in [3.8, 4) is 0 Å². The molecule has 2 aliphatic heterocycles. The average molecular weight is 378 g/mol. The van der Waals surface area contributed by atoms with Crippen molar-refractivity contribution in [2.45, 2.75) is 24.9 Å². The van der Waals surface area contributed by atoms with Crippen molar-refractivity contribution in [1.82, 2.24) is 24.8 Å². The van der Waals surface area contributed by atoms with Gasteiger partial charge >= 0.3 is 0 Å². The van der Waals surface area contributed by atoms with Crippen LogP contribution in [-0.2, 0) is 0 Å². The van der Waals surface area contributed by atoms with E-state index in [1.54, 1.807) is 17.3 Å². The number of β-amino-alcohol motifs (C(OH)–C–C–N with tert-alkyl or cyclic N) is 1. The lowest BCUT2D eigenvalue weighted by Gasteiger charge is -2.40. The molecule has 2 aliphatic rings. The van der Waals surface area contributed by atoms with Crippen molar-refractivity contribution >= 4 is 22.8 Å². The number of aromatic amines is 1. The van der Waals surface area contributed by atoms with Gasteiger partial charge in [-0.2, -0.15) is 0 Å². The molecule has 0 unspecified atom stereocenters. The fraction of sp³-hybridized carbons (Fsp3) is 0.400. The monoisotopic (exact) mass is 378 g/mol. The van der Waals surface area contributed by atoms with Crippen LogP contribution in [0.2, 0.25) is 0 Å². The van der Waals surface area contributed by atoms with Gasteiger partial charge in [-0.3, -0.25) is 9.78 Å². The molecule has 2 saturated heterocycles. The fourth-order valence-corrected chi connectivity index (χ4v) is 4.04. The first-order chi connectivity index (χ1) is 13.7. The maximum atomic E-state index is 12.8. The number of amides is 1. The van der Waals surface area contributed by atoms with Gasteiger partial charge in [0.1, 0.15) is 0 Å².